The van der Waals surface area contributed by atoms with Gasteiger partial charge in [-0.2, -0.15) is 0 Å². The van der Waals surface area contributed by atoms with Crippen LogP contribution in [0.5, 0.6) is 0 Å². The molecule has 106 valence electrons. The summed E-state index contributed by atoms with van der Waals surface area (Å²) in [4.78, 5) is 0. The Morgan fingerprint density at radius 1 is 1.20 bits per heavy atom. The Labute approximate surface area is 141 Å². The summed E-state index contributed by atoms with van der Waals surface area (Å²) in [6.07, 6.45) is 0.756. The molecule has 20 heavy (non-hydrogen) atoms. The third-order valence-electron chi connectivity index (χ3n) is 3.19. The zero-order valence-corrected chi connectivity index (χ0v) is 14.9. The molecule has 4 heteroatoms. The first-order valence-electron chi connectivity index (χ1n) is 6.54. The van der Waals surface area contributed by atoms with Gasteiger partial charge >= 0.3 is 0 Å². The van der Waals surface area contributed by atoms with Gasteiger partial charge in [-0.3, -0.25) is 0 Å². The van der Waals surface area contributed by atoms with Gasteiger partial charge in [-0.05, 0) is 74.7 Å². The summed E-state index contributed by atoms with van der Waals surface area (Å²) in [6.45, 7) is 2.96. The zero-order chi connectivity index (χ0) is 14.5. The second-order valence-corrected chi connectivity index (χ2v) is 6.50. The van der Waals surface area contributed by atoms with Crippen molar-refractivity contribution in [1.29, 1.82) is 0 Å². The van der Waals surface area contributed by atoms with Gasteiger partial charge < -0.3 is 5.32 Å². The van der Waals surface area contributed by atoms with Gasteiger partial charge in [-0.15, -0.1) is 0 Å². The lowest BCUT2D eigenvalue weighted by atomic mass is 9.99. The third kappa shape index (κ3) is 3.80. The third-order valence-corrected chi connectivity index (χ3v) is 5.06. The summed E-state index contributed by atoms with van der Waals surface area (Å²) >= 11 is 5.69. The largest absolute Gasteiger partial charge is 0.310 e. The Kier molecular flexibility index (Phi) is 5.99. The molecule has 0 amide bonds. The first-order valence-corrected chi connectivity index (χ1v) is 8.41. The lowest BCUT2D eigenvalue weighted by Gasteiger charge is -2.20. The second-order valence-electron chi connectivity index (χ2n) is 4.55. The van der Waals surface area contributed by atoms with Gasteiger partial charge in [0, 0.05) is 9.61 Å². The molecule has 0 saturated carbocycles. The average molecular weight is 448 g/mol. The molecule has 2 aromatic rings. The van der Waals surface area contributed by atoms with E-state index >= 15 is 0 Å². The van der Waals surface area contributed by atoms with E-state index in [0.29, 0.717) is 4.47 Å². The normalized spacial score (nSPS) is 12.4. The Morgan fingerprint density at radius 2 is 1.95 bits per heavy atom. The Balaban J connectivity index is 2.31. The van der Waals surface area contributed by atoms with Crippen LogP contribution in [-0.4, -0.2) is 6.54 Å². The number of hydrogen-bond acceptors (Lipinski definition) is 1. The van der Waals surface area contributed by atoms with Crippen LogP contribution in [0.3, 0.4) is 0 Å². The molecule has 0 fully saturated rings. The number of benzene rings is 2. The summed E-state index contributed by atoms with van der Waals surface area (Å²) < 4.78 is 15.4. The molecule has 2 rings (SSSR count). The summed E-state index contributed by atoms with van der Waals surface area (Å²) in [5.74, 6) is -0.208. The standard InChI is InChI=1S/C16H16BrFIN/c1-2-20-15(12-7-3-4-9-14(12)19)10-11-6-5-8-13(18)16(11)17/h3-9,15,20H,2,10H2,1H3. The van der Waals surface area contributed by atoms with Crippen LogP contribution >= 0.6 is 38.5 Å². The van der Waals surface area contributed by atoms with Crippen LogP contribution in [0.2, 0.25) is 0 Å². The number of likely N-dealkylation sites (N-methyl/N-ethyl adjacent to an activating group) is 1. The van der Waals surface area contributed by atoms with Crippen LogP contribution in [0.15, 0.2) is 46.9 Å². The van der Waals surface area contributed by atoms with Crippen molar-refractivity contribution in [2.75, 3.05) is 6.54 Å². The summed E-state index contributed by atoms with van der Waals surface area (Å²) in [7, 11) is 0. The van der Waals surface area contributed by atoms with Crippen molar-refractivity contribution in [3.05, 3.63) is 67.5 Å². The molecule has 0 saturated heterocycles. The molecule has 0 aliphatic carbocycles. The minimum atomic E-state index is -0.208. The van der Waals surface area contributed by atoms with Gasteiger partial charge in [0.2, 0.25) is 0 Å². The minimum absolute atomic E-state index is 0.186. The molecule has 0 spiro atoms. The van der Waals surface area contributed by atoms with E-state index in [0.717, 1.165) is 18.5 Å². The van der Waals surface area contributed by atoms with Crippen LogP contribution in [0, 0.1) is 9.39 Å². The highest BCUT2D eigenvalue weighted by Gasteiger charge is 2.16. The molecule has 1 N–H and O–H groups in total. The molecular weight excluding hydrogens is 432 g/mol. The molecule has 1 unspecified atom stereocenters. The molecule has 0 heterocycles. The van der Waals surface area contributed by atoms with Crippen molar-refractivity contribution >= 4 is 38.5 Å². The van der Waals surface area contributed by atoms with Crippen molar-refractivity contribution in [2.24, 2.45) is 0 Å². The first-order chi connectivity index (χ1) is 9.63. The number of halogens is 3. The number of rotatable bonds is 5. The fraction of sp³-hybridized carbons (Fsp3) is 0.250. The Morgan fingerprint density at radius 3 is 2.65 bits per heavy atom. The van der Waals surface area contributed by atoms with E-state index < -0.39 is 0 Å². The molecule has 1 nitrogen and oxygen atoms in total. The highest BCUT2D eigenvalue weighted by molar-refractivity contribution is 14.1. The lowest BCUT2D eigenvalue weighted by Crippen LogP contribution is -2.24. The van der Waals surface area contributed by atoms with Crippen LogP contribution in [0.4, 0.5) is 4.39 Å². The van der Waals surface area contributed by atoms with Crippen molar-refractivity contribution < 1.29 is 4.39 Å². The van der Waals surface area contributed by atoms with Gasteiger partial charge in [-0.25, -0.2) is 4.39 Å². The van der Waals surface area contributed by atoms with Crippen LogP contribution < -0.4 is 5.32 Å². The molecular formula is C16H16BrFIN. The molecule has 0 radical (unpaired) electrons. The molecule has 0 bridgehead atoms. The molecule has 2 aromatic carbocycles. The molecule has 0 aliphatic rings. The van der Waals surface area contributed by atoms with Crippen molar-refractivity contribution in [3.63, 3.8) is 0 Å². The fourth-order valence-electron chi connectivity index (χ4n) is 2.22. The molecule has 0 aromatic heterocycles. The summed E-state index contributed by atoms with van der Waals surface area (Å²) in [5.41, 5.74) is 2.24. The van der Waals surface area contributed by atoms with E-state index in [4.69, 9.17) is 0 Å². The van der Waals surface area contributed by atoms with E-state index in [1.807, 2.05) is 18.2 Å². The van der Waals surface area contributed by atoms with E-state index in [-0.39, 0.29) is 11.9 Å². The topological polar surface area (TPSA) is 12.0 Å². The van der Waals surface area contributed by atoms with E-state index in [1.165, 1.54) is 15.2 Å². The van der Waals surface area contributed by atoms with E-state index in [9.17, 15) is 4.39 Å². The SMILES string of the molecule is CCNC(Cc1cccc(F)c1Br)c1ccccc1I. The summed E-state index contributed by atoms with van der Waals surface area (Å²) in [6, 6.07) is 13.7. The fourth-order valence-corrected chi connectivity index (χ4v) is 3.41. The molecule has 0 aliphatic heterocycles. The van der Waals surface area contributed by atoms with Crippen LogP contribution in [0.1, 0.15) is 24.1 Å². The maximum atomic E-state index is 13.6. The zero-order valence-electron chi connectivity index (χ0n) is 11.2. The summed E-state index contributed by atoms with van der Waals surface area (Å²) in [5, 5.41) is 3.49. The number of nitrogens with one attached hydrogen (secondary N) is 1. The van der Waals surface area contributed by atoms with Gasteiger partial charge in [0.15, 0.2) is 0 Å². The molecule has 1 atom stereocenters. The van der Waals surface area contributed by atoms with E-state index in [2.05, 4.69) is 62.9 Å². The predicted molar refractivity (Wildman–Crippen MR) is 93.4 cm³/mol. The predicted octanol–water partition coefficient (Wildman–Crippen LogP) is 5.09. The average Bonchev–Trinajstić information content (AvgIpc) is 2.44. The highest BCUT2D eigenvalue weighted by Crippen LogP contribution is 2.28. The van der Waals surface area contributed by atoms with Gasteiger partial charge in [0.05, 0.1) is 4.47 Å². The number of hydrogen-bond donors (Lipinski definition) is 1. The van der Waals surface area contributed by atoms with Crippen molar-refractivity contribution in [1.82, 2.24) is 5.32 Å². The van der Waals surface area contributed by atoms with Gasteiger partial charge in [0.1, 0.15) is 5.82 Å². The van der Waals surface area contributed by atoms with Gasteiger partial charge in [-0.1, -0.05) is 37.3 Å². The van der Waals surface area contributed by atoms with Crippen molar-refractivity contribution in [2.45, 2.75) is 19.4 Å². The quantitative estimate of drug-likeness (QED) is 0.629. The van der Waals surface area contributed by atoms with E-state index in [1.54, 1.807) is 6.07 Å². The Hall–Kier alpha value is -0.460. The van der Waals surface area contributed by atoms with Gasteiger partial charge in [0.25, 0.3) is 0 Å². The second kappa shape index (κ2) is 7.52. The maximum absolute atomic E-state index is 13.6. The first kappa shape index (κ1) is 15.9. The highest BCUT2D eigenvalue weighted by atomic mass is 127. The minimum Gasteiger partial charge on any atom is -0.310 e. The Bertz CT molecular complexity index is 588. The lowest BCUT2D eigenvalue weighted by molar-refractivity contribution is 0.543. The maximum Gasteiger partial charge on any atom is 0.137 e. The monoisotopic (exact) mass is 447 g/mol. The smallest absolute Gasteiger partial charge is 0.137 e. The van der Waals surface area contributed by atoms with Crippen molar-refractivity contribution in [3.8, 4) is 0 Å². The van der Waals surface area contributed by atoms with Crippen LogP contribution in [-0.2, 0) is 6.42 Å². The van der Waals surface area contributed by atoms with Crippen LogP contribution in [0.25, 0.3) is 0 Å².